The third-order valence-electron chi connectivity index (χ3n) is 3.36. The van der Waals surface area contributed by atoms with Crippen LogP contribution in [0.5, 0.6) is 0 Å². The maximum Gasteiger partial charge on any atom is 0.407 e. The van der Waals surface area contributed by atoms with Crippen LogP contribution in [0.4, 0.5) is 4.79 Å². The van der Waals surface area contributed by atoms with E-state index in [1.54, 1.807) is 4.90 Å². The fourth-order valence-electron chi connectivity index (χ4n) is 2.35. The second kappa shape index (κ2) is 7.38. The number of hydrogen-bond donors (Lipinski definition) is 1. The van der Waals surface area contributed by atoms with Crippen LogP contribution in [0, 0.1) is 3.57 Å². The minimum Gasteiger partial charge on any atom is -0.444 e. The number of benzene rings is 1. The van der Waals surface area contributed by atoms with Crippen molar-refractivity contribution in [2.45, 2.75) is 38.8 Å². The normalized spacial score (nSPS) is 18.0. The lowest BCUT2D eigenvalue weighted by molar-refractivity contribution is 0.0502. The molecule has 1 fully saturated rings. The highest BCUT2D eigenvalue weighted by molar-refractivity contribution is 14.1. The number of nitrogens with one attached hydrogen (secondary N) is 1. The fraction of sp³-hybridized carbons (Fsp3) is 0.500. The summed E-state index contributed by atoms with van der Waals surface area (Å²) in [4.78, 5) is 26.1. The van der Waals surface area contributed by atoms with Crippen LogP contribution in [-0.2, 0) is 4.74 Å². The molecule has 0 aliphatic carbocycles. The van der Waals surface area contributed by atoms with Gasteiger partial charge in [0.05, 0.1) is 6.04 Å². The molecule has 1 saturated heterocycles. The number of carbonyl (C=O) groups excluding carboxylic acids is 2. The molecule has 2 amide bonds. The van der Waals surface area contributed by atoms with Gasteiger partial charge in [-0.3, -0.25) is 4.79 Å². The fourth-order valence-corrected chi connectivity index (χ4v) is 3.06. The Morgan fingerprint density at radius 1 is 1.39 bits per heavy atom. The number of carbonyl (C=O) groups is 2. The quantitative estimate of drug-likeness (QED) is 0.636. The number of likely N-dealkylation sites (tertiary alicyclic amines) is 1. The van der Waals surface area contributed by atoms with E-state index in [1.807, 2.05) is 39.0 Å². The van der Waals surface area contributed by atoms with Crippen molar-refractivity contribution in [3.05, 3.63) is 31.8 Å². The van der Waals surface area contributed by atoms with E-state index in [0.29, 0.717) is 18.7 Å². The minimum absolute atomic E-state index is 0.0180. The molecule has 23 heavy (non-hydrogen) atoms. The average Bonchev–Trinajstić information content (AvgIpc) is 2.87. The predicted octanol–water partition coefficient (Wildman–Crippen LogP) is 3.79. The summed E-state index contributed by atoms with van der Waals surface area (Å²) >= 11 is 5.65. The van der Waals surface area contributed by atoms with Gasteiger partial charge in [-0.25, -0.2) is 4.79 Å². The molecule has 0 aromatic heterocycles. The van der Waals surface area contributed by atoms with Gasteiger partial charge in [0, 0.05) is 26.7 Å². The molecule has 0 bridgehead atoms. The summed E-state index contributed by atoms with van der Waals surface area (Å²) < 4.78 is 7.22. The standard InChI is InChI=1S/C16H20BrIN2O3/c1-16(2,3)23-15(22)19-11-6-7-20(9-11)14(21)10-4-5-13(18)12(17)8-10/h4-5,8,11H,6-7,9H2,1-3H3,(H,19,22)/t11-/m0/s1. The number of halogens is 2. The predicted molar refractivity (Wildman–Crippen MR) is 101 cm³/mol. The molecule has 7 heteroatoms. The minimum atomic E-state index is -0.522. The SMILES string of the molecule is CC(C)(C)OC(=O)N[C@H]1CCN(C(=O)c2ccc(I)c(Br)c2)C1. The zero-order chi connectivity index (χ0) is 17.2. The Labute approximate surface area is 158 Å². The van der Waals surface area contributed by atoms with Crippen LogP contribution in [0.15, 0.2) is 22.7 Å². The molecule has 1 aliphatic heterocycles. The highest BCUT2D eigenvalue weighted by Crippen LogP contribution is 2.22. The summed E-state index contributed by atoms with van der Waals surface area (Å²) in [7, 11) is 0. The van der Waals surface area contributed by atoms with E-state index in [4.69, 9.17) is 4.74 Å². The molecule has 1 N–H and O–H groups in total. The van der Waals surface area contributed by atoms with Crippen molar-refractivity contribution >= 4 is 50.5 Å². The Balaban J connectivity index is 1.93. The Hall–Kier alpha value is -0.830. The van der Waals surface area contributed by atoms with Crippen molar-refractivity contribution in [3.63, 3.8) is 0 Å². The molecule has 1 aromatic carbocycles. The van der Waals surface area contributed by atoms with E-state index < -0.39 is 11.7 Å². The summed E-state index contributed by atoms with van der Waals surface area (Å²) in [6.07, 6.45) is 0.296. The zero-order valence-corrected chi connectivity index (χ0v) is 17.1. The van der Waals surface area contributed by atoms with Crippen LogP contribution >= 0.6 is 38.5 Å². The first kappa shape index (κ1) is 18.5. The Morgan fingerprint density at radius 3 is 2.70 bits per heavy atom. The van der Waals surface area contributed by atoms with E-state index >= 15 is 0 Å². The largest absolute Gasteiger partial charge is 0.444 e. The Morgan fingerprint density at radius 2 is 2.09 bits per heavy atom. The summed E-state index contributed by atoms with van der Waals surface area (Å²) in [5, 5.41) is 2.83. The van der Waals surface area contributed by atoms with Crippen molar-refractivity contribution in [2.75, 3.05) is 13.1 Å². The molecule has 1 atom stereocenters. The number of alkyl carbamates (subject to hydrolysis) is 1. The van der Waals surface area contributed by atoms with Crippen molar-refractivity contribution in [2.24, 2.45) is 0 Å². The Kier molecular flexibility index (Phi) is 5.94. The maximum atomic E-state index is 12.5. The summed E-state index contributed by atoms with van der Waals surface area (Å²) in [5.41, 5.74) is 0.126. The lowest BCUT2D eigenvalue weighted by Gasteiger charge is -2.22. The van der Waals surface area contributed by atoms with Crippen LogP contribution in [0.1, 0.15) is 37.6 Å². The van der Waals surface area contributed by atoms with Gasteiger partial charge < -0.3 is 15.0 Å². The third kappa shape index (κ3) is 5.34. The van der Waals surface area contributed by atoms with Gasteiger partial charge in [0.2, 0.25) is 0 Å². The first-order valence-corrected chi connectivity index (χ1v) is 9.27. The molecule has 0 unspecified atom stereocenters. The van der Waals surface area contributed by atoms with Crippen LogP contribution in [0.25, 0.3) is 0 Å². The topological polar surface area (TPSA) is 58.6 Å². The van der Waals surface area contributed by atoms with Gasteiger partial charge >= 0.3 is 6.09 Å². The van der Waals surface area contributed by atoms with Crippen LogP contribution in [0.3, 0.4) is 0 Å². The number of amides is 2. The zero-order valence-electron chi connectivity index (χ0n) is 13.4. The molecule has 2 rings (SSSR count). The van der Waals surface area contributed by atoms with E-state index in [0.717, 1.165) is 14.5 Å². The van der Waals surface area contributed by atoms with E-state index in [9.17, 15) is 9.59 Å². The first-order valence-electron chi connectivity index (χ1n) is 7.39. The van der Waals surface area contributed by atoms with Gasteiger partial charge in [0.15, 0.2) is 0 Å². The molecule has 126 valence electrons. The molecular formula is C16H20BrIN2O3. The van der Waals surface area contributed by atoms with Gasteiger partial charge in [0.1, 0.15) is 5.60 Å². The highest BCUT2D eigenvalue weighted by Gasteiger charge is 2.29. The molecular weight excluding hydrogens is 475 g/mol. The third-order valence-corrected chi connectivity index (χ3v) is 5.70. The van der Waals surface area contributed by atoms with Crippen LogP contribution in [0.2, 0.25) is 0 Å². The highest BCUT2D eigenvalue weighted by atomic mass is 127. The average molecular weight is 495 g/mol. The Bertz CT molecular complexity index is 616. The molecule has 1 aromatic rings. The number of rotatable bonds is 2. The lowest BCUT2D eigenvalue weighted by Crippen LogP contribution is -2.41. The van der Waals surface area contributed by atoms with Gasteiger partial charge in [0.25, 0.3) is 5.91 Å². The summed E-state index contributed by atoms with van der Waals surface area (Å²) in [5.74, 6) is -0.0180. The monoisotopic (exact) mass is 494 g/mol. The second-order valence-corrected chi connectivity index (χ2v) is 8.53. The van der Waals surface area contributed by atoms with Crippen LogP contribution < -0.4 is 5.32 Å². The smallest absolute Gasteiger partial charge is 0.407 e. The number of ether oxygens (including phenoxy) is 1. The second-order valence-electron chi connectivity index (χ2n) is 6.51. The van der Waals surface area contributed by atoms with Crippen molar-refractivity contribution in [3.8, 4) is 0 Å². The molecule has 5 nitrogen and oxygen atoms in total. The van der Waals surface area contributed by atoms with Gasteiger partial charge in [-0.05, 0) is 83.9 Å². The summed E-state index contributed by atoms with van der Waals surface area (Å²) in [6, 6.07) is 5.49. The molecule has 0 saturated carbocycles. The van der Waals surface area contributed by atoms with E-state index in [-0.39, 0.29) is 11.9 Å². The molecule has 0 radical (unpaired) electrons. The lowest BCUT2D eigenvalue weighted by atomic mass is 10.2. The van der Waals surface area contributed by atoms with Crippen molar-refractivity contribution in [1.29, 1.82) is 0 Å². The van der Waals surface area contributed by atoms with E-state index in [1.165, 1.54) is 0 Å². The van der Waals surface area contributed by atoms with Crippen molar-refractivity contribution in [1.82, 2.24) is 10.2 Å². The maximum absolute atomic E-state index is 12.5. The van der Waals surface area contributed by atoms with Gasteiger partial charge in [-0.15, -0.1) is 0 Å². The number of hydrogen-bond acceptors (Lipinski definition) is 3. The molecule has 1 heterocycles. The number of nitrogens with zero attached hydrogens (tertiary/aromatic N) is 1. The molecule has 1 aliphatic rings. The van der Waals surface area contributed by atoms with E-state index in [2.05, 4.69) is 43.8 Å². The summed E-state index contributed by atoms with van der Waals surface area (Å²) in [6.45, 7) is 6.60. The van der Waals surface area contributed by atoms with Gasteiger partial charge in [-0.1, -0.05) is 0 Å². The van der Waals surface area contributed by atoms with Crippen molar-refractivity contribution < 1.29 is 14.3 Å². The van der Waals surface area contributed by atoms with Crippen LogP contribution in [-0.4, -0.2) is 41.6 Å². The first-order chi connectivity index (χ1) is 10.7. The van der Waals surface area contributed by atoms with Gasteiger partial charge in [-0.2, -0.15) is 0 Å². The molecule has 0 spiro atoms.